The number of allylic oxidation sites excluding steroid dienone is 1. The molecule has 1 aromatic rings. The Bertz CT molecular complexity index is 428. The van der Waals surface area contributed by atoms with Crippen LogP contribution in [0.3, 0.4) is 0 Å². The van der Waals surface area contributed by atoms with Crippen molar-refractivity contribution in [3.05, 3.63) is 48.0 Å². The van der Waals surface area contributed by atoms with Crippen LogP contribution in [0, 0.1) is 5.92 Å². The second-order valence-corrected chi connectivity index (χ2v) is 5.13. The van der Waals surface area contributed by atoms with E-state index in [4.69, 9.17) is 0 Å². The Kier molecular flexibility index (Phi) is 4.19. The third kappa shape index (κ3) is 2.81. The molecule has 1 aromatic carbocycles. The highest BCUT2D eigenvalue weighted by Gasteiger charge is 2.24. The molecule has 1 aliphatic rings. The summed E-state index contributed by atoms with van der Waals surface area (Å²) in [7, 11) is 0. The SMILES string of the molecule is C=CCC1CCC(c2ccccc2C(=O)O)CC1. The van der Waals surface area contributed by atoms with E-state index in [0.717, 1.165) is 30.7 Å². The Morgan fingerprint density at radius 3 is 2.56 bits per heavy atom. The number of rotatable bonds is 4. The molecule has 1 saturated carbocycles. The van der Waals surface area contributed by atoms with Gasteiger partial charge in [0, 0.05) is 0 Å². The van der Waals surface area contributed by atoms with E-state index >= 15 is 0 Å². The van der Waals surface area contributed by atoms with Gasteiger partial charge < -0.3 is 5.11 Å². The second kappa shape index (κ2) is 5.85. The summed E-state index contributed by atoms with van der Waals surface area (Å²) < 4.78 is 0. The molecule has 2 nitrogen and oxygen atoms in total. The fourth-order valence-corrected chi connectivity index (χ4v) is 2.99. The van der Waals surface area contributed by atoms with E-state index in [2.05, 4.69) is 6.58 Å². The molecule has 0 radical (unpaired) electrons. The van der Waals surface area contributed by atoms with E-state index in [9.17, 15) is 9.90 Å². The first-order valence-electron chi connectivity index (χ1n) is 6.65. The predicted molar refractivity (Wildman–Crippen MR) is 72.9 cm³/mol. The number of carboxylic acid groups (broad SMARTS) is 1. The van der Waals surface area contributed by atoms with Gasteiger partial charge in [-0.05, 0) is 55.6 Å². The lowest BCUT2D eigenvalue weighted by Crippen LogP contribution is -2.15. The van der Waals surface area contributed by atoms with Crippen LogP contribution in [-0.4, -0.2) is 11.1 Å². The van der Waals surface area contributed by atoms with Crippen LogP contribution in [0.15, 0.2) is 36.9 Å². The van der Waals surface area contributed by atoms with Crippen LogP contribution >= 0.6 is 0 Å². The molecule has 1 fully saturated rings. The minimum atomic E-state index is -0.807. The zero-order chi connectivity index (χ0) is 13.0. The number of benzene rings is 1. The third-order valence-electron chi connectivity index (χ3n) is 3.98. The molecule has 96 valence electrons. The van der Waals surface area contributed by atoms with Crippen LogP contribution in [-0.2, 0) is 0 Å². The highest BCUT2D eigenvalue weighted by atomic mass is 16.4. The molecule has 1 aliphatic carbocycles. The summed E-state index contributed by atoms with van der Waals surface area (Å²) >= 11 is 0. The Morgan fingerprint density at radius 2 is 1.94 bits per heavy atom. The molecule has 0 spiro atoms. The van der Waals surface area contributed by atoms with E-state index in [1.807, 2.05) is 18.2 Å². The van der Waals surface area contributed by atoms with Gasteiger partial charge in [0.2, 0.25) is 0 Å². The van der Waals surface area contributed by atoms with Crippen molar-refractivity contribution in [2.45, 2.75) is 38.0 Å². The van der Waals surface area contributed by atoms with E-state index in [-0.39, 0.29) is 0 Å². The quantitative estimate of drug-likeness (QED) is 0.804. The second-order valence-electron chi connectivity index (χ2n) is 5.13. The van der Waals surface area contributed by atoms with Gasteiger partial charge in [0.25, 0.3) is 0 Å². The van der Waals surface area contributed by atoms with Crippen LogP contribution in [0.2, 0.25) is 0 Å². The molecule has 2 rings (SSSR count). The van der Waals surface area contributed by atoms with E-state index in [1.165, 1.54) is 12.8 Å². The van der Waals surface area contributed by atoms with Crippen LogP contribution in [0.5, 0.6) is 0 Å². The van der Waals surface area contributed by atoms with Gasteiger partial charge in [0.15, 0.2) is 0 Å². The fraction of sp³-hybridized carbons (Fsp3) is 0.438. The van der Waals surface area contributed by atoms with Gasteiger partial charge in [-0.2, -0.15) is 0 Å². The standard InChI is InChI=1S/C16H20O2/c1-2-5-12-8-10-13(11-9-12)14-6-3-4-7-15(14)16(17)18/h2-4,6-7,12-13H,1,5,8-11H2,(H,17,18). The van der Waals surface area contributed by atoms with Gasteiger partial charge in [0.05, 0.1) is 5.56 Å². The minimum absolute atomic E-state index is 0.415. The Hall–Kier alpha value is -1.57. The van der Waals surface area contributed by atoms with Crippen molar-refractivity contribution < 1.29 is 9.90 Å². The lowest BCUT2D eigenvalue weighted by Gasteiger charge is -2.28. The van der Waals surface area contributed by atoms with Crippen molar-refractivity contribution in [1.82, 2.24) is 0 Å². The lowest BCUT2D eigenvalue weighted by atomic mass is 9.76. The number of hydrogen-bond donors (Lipinski definition) is 1. The van der Waals surface area contributed by atoms with Crippen molar-refractivity contribution in [3.8, 4) is 0 Å². The molecule has 0 aromatic heterocycles. The highest BCUT2D eigenvalue weighted by Crippen LogP contribution is 2.38. The molecule has 0 bridgehead atoms. The summed E-state index contributed by atoms with van der Waals surface area (Å²) in [5, 5.41) is 9.22. The van der Waals surface area contributed by atoms with Crippen LogP contribution < -0.4 is 0 Å². The highest BCUT2D eigenvalue weighted by molar-refractivity contribution is 5.89. The van der Waals surface area contributed by atoms with Gasteiger partial charge >= 0.3 is 5.97 Å². The molecule has 0 atom stereocenters. The average molecular weight is 244 g/mol. The molecule has 0 heterocycles. The summed E-state index contributed by atoms with van der Waals surface area (Å²) in [5.41, 5.74) is 1.49. The zero-order valence-corrected chi connectivity index (χ0v) is 10.6. The van der Waals surface area contributed by atoms with E-state index in [1.54, 1.807) is 12.1 Å². The lowest BCUT2D eigenvalue weighted by molar-refractivity contribution is 0.0694. The van der Waals surface area contributed by atoms with Gasteiger partial charge in [-0.25, -0.2) is 4.79 Å². The fourth-order valence-electron chi connectivity index (χ4n) is 2.99. The average Bonchev–Trinajstić information content (AvgIpc) is 2.40. The van der Waals surface area contributed by atoms with E-state index in [0.29, 0.717) is 11.5 Å². The summed E-state index contributed by atoms with van der Waals surface area (Å²) in [4.78, 5) is 11.2. The van der Waals surface area contributed by atoms with Crippen molar-refractivity contribution in [2.75, 3.05) is 0 Å². The molecule has 18 heavy (non-hydrogen) atoms. The summed E-state index contributed by atoms with van der Waals surface area (Å²) in [6, 6.07) is 7.43. The normalized spacial score (nSPS) is 23.6. The maximum absolute atomic E-state index is 11.2. The summed E-state index contributed by atoms with van der Waals surface area (Å²) in [6.07, 6.45) is 7.66. The van der Waals surface area contributed by atoms with Gasteiger partial charge in [-0.15, -0.1) is 6.58 Å². The van der Waals surface area contributed by atoms with Crippen LogP contribution in [0.4, 0.5) is 0 Å². The van der Waals surface area contributed by atoms with Crippen molar-refractivity contribution in [1.29, 1.82) is 0 Å². The maximum atomic E-state index is 11.2. The van der Waals surface area contributed by atoms with Crippen molar-refractivity contribution in [3.63, 3.8) is 0 Å². The first-order valence-corrected chi connectivity index (χ1v) is 6.65. The minimum Gasteiger partial charge on any atom is -0.478 e. The number of aromatic carboxylic acids is 1. The number of hydrogen-bond acceptors (Lipinski definition) is 1. The molecule has 0 saturated heterocycles. The smallest absolute Gasteiger partial charge is 0.335 e. The van der Waals surface area contributed by atoms with E-state index < -0.39 is 5.97 Å². The molecule has 2 heteroatoms. The molecule has 0 amide bonds. The Balaban J connectivity index is 2.10. The van der Waals surface area contributed by atoms with Gasteiger partial charge in [-0.3, -0.25) is 0 Å². The third-order valence-corrected chi connectivity index (χ3v) is 3.98. The van der Waals surface area contributed by atoms with Gasteiger partial charge in [0.1, 0.15) is 0 Å². The number of carboxylic acids is 1. The topological polar surface area (TPSA) is 37.3 Å². The maximum Gasteiger partial charge on any atom is 0.335 e. The molecule has 0 aliphatic heterocycles. The largest absolute Gasteiger partial charge is 0.478 e. The number of carbonyl (C=O) groups is 1. The molecular weight excluding hydrogens is 224 g/mol. The summed E-state index contributed by atoms with van der Waals surface area (Å²) in [6.45, 7) is 3.79. The molecule has 0 unspecified atom stereocenters. The van der Waals surface area contributed by atoms with Gasteiger partial charge in [-0.1, -0.05) is 24.3 Å². The Labute approximate surface area is 108 Å². The molecule has 1 N–H and O–H groups in total. The van der Waals surface area contributed by atoms with Crippen molar-refractivity contribution >= 4 is 5.97 Å². The first-order chi connectivity index (χ1) is 8.72. The van der Waals surface area contributed by atoms with Crippen molar-refractivity contribution in [2.24, 2.45) is 5.92 Å². The molecular formula is C16H20O2. The van der Waals surface area contributed by atoms with Crippen LogP contribution in [0.1, 0.15) is 53.9 Å². The monoisotopic (exact) mass is 244 g/mol. The zero-order valence-electron chi connectivity index (χ0n) is 10.6. The predicted octanol–water partition coefficient (Wildman–Crippen LogP) is 4.23. The van der Waals surface area contributed by atoms with Crippen LogP contribution in [0.25, 0.3) is 0 Å². The summed E-state index contributed by atoms with van der Waals surface area (Å²) in [5.74, 6) is 0.355. The first kappa shape index (κ1) is 12.9. The Morgan fingerprint density at radius 1 is 1.28 bits per heavy atom.